The van der Waals surface area contributed by atoms with Gasteiger partial charge in [0.15, 0.2) is 0 Å². The maximum Gasteiger partial charge on any atom is 0.0513 e. The number of ether oxygens (including phenoxy) is 1. The minimum atomic E-state index is 0.375. The lowest BCUT2D eigenvalue weighted by molar-refractivity contribution is 0.177. The molecule has 1 N–H and O–H groups in total. The predicted molar refractivity (Wildman–Crippen MR) is 59.7 cm³/mol. The Labute approximate surface area is 90.9 Å². The normalized spacial score (nSPS) is 22.9. The zero-order chi connectivity index (χ0) is 10.7. The van der Waals surface area contributed by atoms with Crippen LogP contribution < -0.4 is 5.32 Å². The van der Waals surface area contributed by atoms with Gasteiger partial charge in [-0.25, -0.2) is 0 Å². The van der Waals surface area contributed by atoms with E-state index in [0.29, 0.717) is 12.0 Å². The van der Waals surface area contributed by atoms with Gasteiger partial charge in [0, 0.05) is 31.0 Å². The Bertz CT molecular complexity index is 321. The average Bonchev–Trinajstić information content (AvgIpc) is 2.72. The van der Waals surface area contributed by atoms with Crippen LogP contribution >= 0.6 is 0 Å². The molecule has 1 fully saturated rings. The third-order valence-electron chi connectivity index (χ3n) is 3.00. The van der Waals surface area contributed by atoms with Crippen molar-refractivity contribution in [3.63, 3.8) is 0 Å². The maximum atomic E-state index is 5.43. The van der Waals surface area contributed by atoms with E-state index in [1.807, 2.05) is 19.4 Å². The molecule has 0 saturated carbocycles. The lowest BCUT2D eigenvalue weighted by Crippen LogP contribution is -2.25. The Morgan fingerprint density at radius 1 is 1.53 bits per heavy atom. The van der Waals surface area contributed by atoms with Gasteiger partial charge in [0.2, 0.25) is 0 Å². The summed E-state index contributed by atoms with van der Waals surface area (Å²) in [4.78, 5) is 4.24. The van der Waals surface area contributed by atoms with Gasteiger partial charge >= 0.3 is 0 Å². The molecule has 0 bridgehead atoms. The number of nitrogens with one attached hydrogen (secondary N) is 1. The van der Waals surface area contributed by atoms with Crippen molar-refractivity contribution in [2.75, 3.05) is 20.3 Å². The highest BCUT2D eigenvalue weighted by Crippen LogP contribution is 2.28. The van der Waals surface area contributed by atoms with Gasteiger partial charge in [-0.3, -0.25) is 4.98 Å². The highest BCUT2D eigenvalue weighted by atomic mass is 16.5. The Hall–Kier alpha value is -0.930. The summed E-state index contributed by atoms with van der Waals surface area (Å²) in [5.74, 6) is 0.582. The highest BCUT2D eigenvalue weighted by Gasteiger charge is 2.25. The second kappa shape index (κ2) is 4.73. The lowest BCUT2D eigenvalue weighted by atomic mass is 9.93. The van der Waals surface area contributed by atoms with Crippen LogP contribution in [0.4, 0.5) is 0 Å². The largest absolute Gasteiger partial charge is 0.381 e. The molecule has 82 valence electrons. The molecule has 0 aliphatic carbocycles. The van der Waals surface area contributed by atoms with Crippen LogP contribution in [-0.2, 0) is 4.74 Å². The van der Waals surface area contributed by atoms with Crippen molar-refractivity contribution < 1.29 is 4.74 Å². The molecule has 15 heavy (non-hydrogen) atoms. The molecule has 2 unspecified atom stereocenters. The average molecular weight is 206 g/mol. The third kappa shape index (κ3) is 2.36. The van der Waals surface area contributed by atoms with Gasteiger partial charge in [0.25, 0.3) is 0 Å². The van der Waals surface area contributed by atoms with E-state index in [2.05, 4.69) is 23.3 Å². The fourth-order valence-corrected chi connectivity index (χ4v) is 2.24. The maximum absolute atomic E-state index is 5.43. The molecule has 1 aliphatic heterocycles. The van der Waals surface area contributed by atoms with E-state index < -0.39 is 0 Å². The van der Waals surface area contributed by atoms with Crippen LogP contribution in [0.1, 0.15) is 23.6 Å². The Morgan fingerprint density at radius 3 is 3.00 bits per heavy atom. The molecule has 3 heteroatoms. The van der Waals surface area contributed by atoms with Crippen molar-refractivity contribution in [3.8, 4) is 0 Å². The van der Waals surface area contributed by atoms with Crippen LogP contribution in [0.3, 0.4) is 0 Å². The monoisotopic (exact) mass is 206 g/mol. The van der Waals surface area contributed by atoms with Crippen molar-refractivity contribution in [2.45, 2.75) is 19.4 Å². The standard InChI is InChI=1S/C12H18N2O/c1-9-5-11(7-14-6-9)12(13-2)10-3-4-15-8-10/h5-7,10,12-13H,3-4,8H2,1-2H3. The molecule has 1 aromatic rings. The first kappa shape index (κ1) is 10.6. The zero-order valence-electron chi connectivity index (χ0n) is 9.36. The Balaban J connectivity index is 2.18. The van der Waals surface area contributed by atoms with Crippen LogP contribution in [-0.4, -0.2) is 25.2 Å². The Kier molecular flexibility index (Phi) is 3.34. The van der Waals surface area contributed by atoms with Crippen LogP contribution in [0.5, 0.6) is 0 Å². The van der Waals surface area contributed by atoms with Gasteiger partial charge in [-0.15, -0.1) is 0 Å². The smallest absolute Gasteiger partial charge is 0.0513 e. The molecule has 3 nitrogen and oxygen atoms in total. The molecular formula is C12H18N2O. The van der Waals surface area contributed by atoms with E-state index in [1.54, 1.807) is 0 Å². The third-order valence-corrected chi connectivity index (χ3v) is 3.00. The minimum absolute atomic E-state index is 0.375. The van der Waals surface area contributed by atoms with E-state index in [4.69, 9.17) is 4.74 Å². The first-order valence-corrected chi connectivity index (χ1v) is 5.48. The van der Waals surface area contributed by atoms with E-state index in [-0.39, 0.29) is 0 Å². The van der Waals surface area contributed by atoms with Gasteiger partial charge in [0.05, 0.1) is 6.61 Å². The van der Waals surface area contributed by atoms with Gasteiger partial charge in [0.1, 0.15) is 0 Å². The molecule has 0 spiro atoms. The molecule has 0 amide bonds. The van der Waals surface area contributed by atoms with Gasteiger partial charge in [-0.05, 0) is 31.5 Å². The van der Waals surface area contributed by atoms with Crippen molar-refractivity contribution in [1.29, 1.82) is 0 Å². The summed E-state index contributed by atoms with van der Waals surface area (Å²) in [7, 11) is 2.01. The zero-order valence-corrected chi connectivity index (χ0v) is 9.36. The summed E-state index contributed by atoms with van der Waals surface area (Å²) in [6, 6.07) is 2.58. The number of rotatable bonds is 3. The predicted octanol–water partition coefficient (Wildman–Crippen LogP) is 1.69. The molecule has 2 atom stereocenters. The van der Waals surface area contributed by atoms with Crippen molar-refractivity contribution in [3.05, 3.63) is 29.6 Å². The minimum Gasteiger partial charge on any atom is -0.381 e. The fourth-order valence-electron chi connectivity index (χ4n) is 2.24. The first-order chi connectivity index (χ1) is 7.31. The first-order valence-electron chi connectivity index (χ1n) is 5.48. The second-order valence-electron chi connectivity index (χ2n) is 4.19. The summed E-state index contributed by atoms with van der Waals surface area (Å²) in [6.07, 6.45) is 4.98. The molecule has 0 aromatic carbocycles. The summed E-state index contributed by atoms with van der Waals surface area (Å²) in [5.41, 5.74) is 2.49. The fraction of sp³-hybridized carbons (Fsp3) is 0.583. The van der Waals surface area contributed by atoms with Crippen LogP contribution in [0.2, 0.25) is 0 Å². The second-order valence-corrected chi connectivity index (χ2v) is 4.19. The molecule has 2 heterocycles. The quantitative estimate of drug-likeness (QED) is 0.817. The summed E-state index contributed by atoms with van der Waals surface area (Å²) in [5, 5.41) is 3.37. The van der Waals surface area contributed by atoms with Crippen LogP contribution in [0.25, 0.3) is 0 Å². The Morgan fingerprint density at radius 2 is 2.40 bits per heavy atom. The molecule has 1 saturated heterocycles. The summed E-state index contributed by atoms with van der Waals surface area (Å²) < 4.78 is 5.43. The molecule has 0 radical (unpaired) electrons. The number of aromatic nitrogens is 1. The SMILES string of the molecule is CNC(c1cncc(C)c1)C1CCOC1. The van der Waals surface area contributed by atoms with E-state index >= 15 is 0 Å². The van der Waals surface area contributed by atoms with Gasteiger partial charge < -0.3 is 10.1 Å². The number of nitrogens with zero attached hydrogens (tertiary/aromatic N) is 1. The highest BCUT2D eigenvalue weighted by molar-refractivity contribution is 5.21. The van der Waals surface area contributed by atoms with E-state index in [1.165, 1.54) is 11.1 Å². The van der Waals surface area contributed by atoms with Gasteiger partial charge in [-0.2, -0.15) is 0 Å². The number of hydrogen-bond donors (Lipinski definition) is 1. The van der Waals surface area contributed by atoms with Crippen LogP contribution in [0, 0.1) is 12.8 Å². The summed E-state index contributed by atoms with van der Waals surface area (Å²) in [6.45, 7) is 3.83. The molecule has 1 aromatic heterocycles. The lowest BCUT2D eigenvalue weighted by Gasteiger charge is -2.22. The van der Waals surface area contributed by atoms with E-state index in [0.717, 1.165) is 19.6 Å². The molecule has 1 aliphatic rings. The van der Waals surface area contributed by atoms with E-state index in [9.17, 15) is 0 Å². The van der Waals surface area contributed by atoms with Crippen molar-refractivity contribution in [1.82, 2.24) is 10.3 Å². The molecule has 2 rings (SSSR count). The van der Waals surface area contributed by atoms with Gasteiger partial charge in [-0.1, -0.05) is 6.07 Å². The van der Waals surface area contributed by atoms with Crippen molar-refractivity contribution in [2.24, 2.45) is 5.92 Å². The molecular weight excluding hydrogens is 188 g/mol. The number of hydrogen-bond acceptors (Lipinski definition) is 3. The topological polar surface area (TPSA) is 34.2 Å². The van der Waals surface area contributed by atoms with Crippen molar-refractivity contribution >= 4 is 0 Å². The summed E-state index contributed by atoms with van der Waals surface area (Å²) >= 11 is 0. The number of aryl methyl sites for hydroxylation is 1. The number of pyridine rings is 1. The van der Waals surface area contributed by atoms with Crippen LogP contribution in [0.15, 0.2) is 18.5 Å².